The van der Waals surface area contributed by atoms with Crippen LogP contribution in [0.3, 0.4) is 0 Å². The van der Waals surface area contributed by atoms with Gasteiger partial charge in [0.25, 0.3) is 0 Å². The lowest BCUT2D eigenvalue weighted by molar-refractivity contribution is -0.131. The first kappa shape index (κ1) is 15.6. The summed E-state index contributed by atoms with van der Waals surface area (Å²) in [5.74, 6) is 0.430. The van der Waals surface area contributed by atoms with Gasteiger partial charge in [-0.2, -0.15) is 0 Å². The van der Waals surface area contributed by atoms with Gasteiger partial charge in [0.05, 0.1) is 14.2 Å². The van der Waals surface area contributed by atoms with Crippen LogP contribution in [0.1, 0.15) is 22.8 Å². The average molecular weight is 300 g/mol. The topological polar surface area (TPSA) is 61.8 Å². The molecule has 0 N–H and O–H groups in total. The molecule has 0 unspecified atom stereocenters. The number of methoxy groups -OCH3 is 2. The molecule has 0 atom stereocenters. The lowest BCUT2D eigenvalue weighted by Gasteiger charge is -2.12. The number of benzene rings is 2. The van der Waals surface area contributed by atoms with Gasteiger partial charge in [0, 0.05) is 12.5 Å². The van der Waals surface area contributed by atoms with Crippen molar-refractivity contribution in [1.29, 1.82) is 0 Å². The molecule has 114 valence electrons. The maximum absolute atomic E-state index is 12.7. The Hall–Kier alpha value is -2.82. The fourth-order valence-electron chi connectivity index (χ4n) is 2.09. The first-order valence-electron chi connectivity index (χ1n) is 6.61. The van der Waals surface area contributed by atoms with Gasteiger partial charge >= 0.3 is 5.97 Å². The average Bonchev–Trinajstić information content (AvgIpc) is 2.52. The summed E-state index contributed by atoms with van der Waals surface area (Å²) in [6.45, 7) is 1.30. The van der Waals surface area contributed by atoms with Crippen LogP contribution in [0.15, 0.2) is 42.5 Å². The molecule has 0 fully saturated rings. The van der Waals surface area contributed by atoms with E-state index in [9.17, 15) is 9.59 Å². The van der Waals surface area contributed by atoms with Crippen LogP contribution in [0, 0.1) is 0 Å². The van der Waals surface area contributed by atoms with Crippen LogP contribution >= 0.6 is 0 Å². The minimum absolute atomic E-state index is 0.275. The highest BCUT2D eigenvalue weighted by Gasteiger charge is 2.20. The Bertz CT molecular complexity index is 684. The zero-order valence-corrected chi connectivity index (χ0v) is 12.6. The zero-order valence-electron chi connectivity index (χ0n) is 12.6. The molecular weight excluding hydrogens is 284 g/mol. The molecule has 0 bridgehead atoms. The summed E-state index contributed by atoms with van der Waals surface area (Å²) in [6.07, 6.45) is 0. The number of carbonyl (C=O) groups is 2. The Morgan fingerprint density at radius 3 is 2.05 bits per heavy atom. The van der Waals surface area contributed by atoms with Crippen molar-refractivity contribution in [2.45, 2.75) is 6.92 Å². The standard InChI is InChI=1S/C17H16O5/c1-11(18)22-13-7-4-6-12(10-13)17(19)16-14(20-2)8-5-9-15(16)21-3/h4-10H,1-3H3. The second-order valence-corrected chi connectivity index (χ2v) is 4.49. The molecule has 0 radical (unpaired) electrons. The smallest absolute Gasteiger partial charge is 0.308 e. The number of hydrogen-bond donors (Lipinski definition) is 0. The molecule has 0 amide bonds. The molecule has 22 heavy (non-hydrogen) atoms. The zero-order chi connectivity index (χ0) is 16.1. The maximum atomic E-state index is 12.7. The molecule has 2 aromatic carbocycles. The number of esters is 1. The van der Waals surface area contributed by atoms with E-state index in [2.05, 4.69) is 0 Å². The van der Waals surface area contributed by atoms with E-state index in [1.54, 1.807) is 36.4 Å². The van der Waals surface area contributed by atoms with Gasteiger partial charge in [-0.15, -0.1) is 0 Å². The predicted octanol–water partition coefficient (Wildman–Crippen LogP) is 2.86. The molecule has 0 heterocycles. The summed E-state index contributed by atoms with van der Waals surface area (Å²) in [4.78, 5) is 23.8. The number of rotatable bonds is 5. The van der Waals surface area contributed by atoms with E-state index in [-0.39, 0.29) is 5.78 Å². The minimum Gasteiger partial charge on any atom is -0.496 e. The Morgan fingerprint density at radius 2 is 1.50 bits per heavy atom. The van der Waals surface area contributed by atoms with E-state index < -0.39 is 5.97 Å². The maximum Gasteiger partial charge on any atom is 0.308 e. The fourth-order valence-corrected chi connectivity index (χ4v) is 2.09. The number of hydrogen-bond acceptors (Lipinski definition) is 5. The van der Waals surface area contributed by atoms with Crippen molar-refractivity contribution in [3.8, 4) is 17.2 Å². The van der Waals surface area contributed by atoms with E-state index in [0.717, 1.165) is 0 Å². The first-order chi connectivity index (χ1) is 10.6. The third kappa shape index (κ3) is 3.25. The Labute approximate surface area is 128 Å². The van der Waals surface area contributed by atoms with Crippen molar-refractivity contribution in [2.75, 3.05) is 14.2 Å². The molecule has 0 aromatic heterocycles. The quantitative estimate of drug-likeness (QED) is 0.483. The molecule has 0 aliphatic heterocycles. The van der Waals surface area contributed by atoms with Crippen LogP contribution in [-0.2, 0) is 4.79 Å². The van der Waals surface area contributed by atoms with Crippen molar-refractivity contribution >= 4 is 11.8 Å². The fraction of sp³-hybridized carbons (Fsp3) is 0.176. The summed E-state index contributed by atoms with van der Waals surface area (Å²) in [6, 6.07) is 11.5. The number of ketones is 1. The highest BCUT2D eigenvalue weighted by atomic mass is 16.5. The molecule has 5 heteroatoms. The van der Waals surface area contributed by atoms with E-state index >= 15 is 0 Å². The second kappa shape index (κ2) is 6.76. The predicted molar refractivity (Wildman–Crippen MR) is 80.7 cm³/mol. The largest absolute Gasteiger partial charge is 0.496 e. The molecule has 5 nitrogen and oxygen atoms in total. The van der Waals surface area contributed by atoms with Crippen LogP contribution in [0.2, 0.25) is 0 Å². The second-order valence-electron chi connectivity index (χ2n) is 4.49. The van der Waals surface area contributed by atoms with Crippen LogP contribution in [0.25, 0.3) is 0 Å². The molecular formula is C17H16O5. The van der Waals surface area contributed by atoms with Gasteiger partial charge in [0.2, 0.25) is 5.78 Å². The molecule has 0 aliphatic rings. The van der Waals surface area contributed by atoms with Crippen molar-refractivity contribution in [2.24, 2.45) is 0 Å². The van der Waals surface area contributed by atoms with Gasteiger partial charge in [0.15, 0.2) is 0 Å². The highest BCUT2D eigenvalue weighted by molar-refractivity contribution is 6.12. The highest BCUT2D eigenvalue weighted by Crippen LogP contribution is 2.31. The van der Waals surface area contributed by atoms with Crippen molar-refractivity contribution < 1.29 is 23.8 Å². The SMILES string of the molecule is COc1cccc(OC)c1C(=O)c1cccc(OC(C)=O)c1. The van der Waals surface area contributed by atoms with Crippen molar-refractivity contribution in [1.82, 2.24) is 0 Å². The Morgan fingerprint density at radius 1 is 0.909 bits per heavy atom. The first-order valence-corrected chi connectivity index (χ1v) is 6.61. The number of carbonyl (C=O) groups excluding carboxylic acids is 2. The normalized spacial score (nSPS) is 9.95. The van der Waals surface area contributed by atoms with E-state index in [0.29, 0.717) is 28.4 Å². The van der Waals surface area contributed by atoms with Crippen LogP contribution < -0.4 is 14.2 Å². The summed E-state index contributed by atoms with van der Waals surface area (Å²) in [5, 5.41) is 0. The van der Waals surface area contributed by atoms with Gasteiger partial charge < -0.3 is 14.2 Å². The summed E-state index contributed by atoms with van der Waals surface area (Å²) >= 11 is 0. The molecule has 0 saturated heterocycles. The van der Waals surface area contributed by atoms with Crippen molar-refractivity contribution in [3.63, 3.8) is 0 Å². The van der Waals surface area contributed by atoms with E-state index in [1.165, 1.54) is 27.2 Å². The van der Waals surface area contributed by atoms with Crippen LogP contribution in [-0.4, -0.2) is 26.0 Å². The molecule has 2 aromatic rings. The summed E-state index contributed by atoms with van der Waals surface area (Å²) in [5.41, 5.74) is 0.703. The minimum atomic E-state index is -0.445. The summed E-state index contributed by atoms with van der Waals surface area (Å²) in [7, 11) is 2.97. The molecule has 0 spiro atoms. The number of ether oxygens (including phenoxy) is 3. The van der Waals surface area contributed by atoms with Gasteiger partial charge in [0.1, 0.15) is 22.8 Å². The molecule has 2 rings (SSSR count). The lowest BCUT2D eigenvalue weighted by atomic mass is 10.0. The van der Waals surface area contributed by atoms with E-state index in [4.69, 9.17) is 14.2 Å². The van der Waals surface area contributed by atoms with E-state index in [1.807, 2.05) is 0 Å². The summed E-state index contributed by atoms with van der Waals surface area (Å²) < 4.78 is 15.5. The molecule has 0 aliphatic carbocycles. The van der Waals surface area contributed by atoms with Crippen LogP contribution in [0.4, 0.5) is 0 Å². The van der Waals surface area contributed by atoms with Gasteiger partial charge in [-0.1, -0.05) is 18.2 Å². The third-order valence-corrected chi connectivity index (χ3v) is 3.01. The van der Waals surface area contributed by atoms with Gasteiger partial charge in [-0.3, -0.25) is 9.59 Å². The third-order valence-electron chi connectivity index (χ3n) is 3.01. The van der Waals surface area contributed by atoms with Gasteiger partial charge in [-0.25, -0.2) is 0 Å². The van der Waals surface area contributed by atoms with Gasteiger partial charge in [-0.05, 0) is 24.3 Å². The van der Waals surface area contributed by atoms with Crippen molar-refractivity contribution in [3.05, 3.63) is 53.6 Å². The Kier molecular flexibility index (Phi) is 4.78. The Balaban J connectivity index is 2.46. The monoisotopic (exact) mass is 300 g/mol. The van der Waals surface area contributed by atoms with Crippen LogP contribution in [0.5, 0.6) is 17.2 Å². The lowest BCUT2D eigenvalue weighted by Crippen LogP contribution is -2.07. The molecule has 0 saturated carbocycles.